The maximum atomic E-state index is 9.70. The molecule has 0 aromatic carbocycles. The minimum absolute atomic E-state index is 0.00225. The van der Waals surface area contributed by atoms with Gasteiger partial charge in [0.2, 0.25) is 0 Å². The lowest BCUT2D eigenvalue weighted by atomic mass is 10.0. The average Bonchev–Trinajstić information content (AvgIpc) is 2.35. The molecule has 110 valence electrons. The van der Waals surface area contributed by atoms with Gasteiger partial charge in [0.05, 0.1) is 25.4 Å². The number of rotatable bonds is 12. The third-order valence-electron chi connectivity index (χ3n) is 2.90. The van der Waals surface area contributed by atoms with Crippen molar-refractivity contribution < 1.29 is 19.7 Å². The highest BCUT2D eigenvalue weighted by atomic mass is 16.5. The maximum absolute atomic E-state index is 9.70. The Hall–Kier alpha value is -0.200. The lowest BCUT2D eigenvalue weighted by Gasteiger charge is -2.18. The molecule has 3 N–H and O–H groups in total. The van der Waals surface area contributed by atoms with Gasteiger partial charge in [0.25, 0.3) is 0 Å². The predicted molar refractivity (Wildman–Crippen MR) is 71.7 cm³/mol. The van der Waals surface area contributed by atoms with Crippen molar-refractivity contribution in [2.75, 3.05) is 40.0 Å². The summed E-state index contributed by atoms with van der Waals surface area (Å²) in [4.78, 5) is 0. The van der Waals surface area contributed by atoms with E-state index < -0.39 is 6.10 Å². The Morgan fingerprint density at radius 3 is 2.50 bits per heavy atom. The summed E-state index contributed by atoms with van der Waals surface area (Å²) in [6, 6.07) is 0. The molecule has 0 radical (unpaired) electrons. The molecule has 0 aromatic rings. The minimum Gasteiger partial charge on any atom is -0.396 e. The second-order valence-corrected chi connectivity index (χ2v) is 4.70. The van der Waals surface area contributed by atoms with Gasteiger partial charge in [-0.1, -0.05) is 13.3 Å². The van der Waals surface area contributed by atoms with E-state index in [4.69, 9.17) is 14.6 Å². The van der Waals surface area contributed by atoms with Crippen LogP contribution in [0.4, 0.5) is 0 Å². The van der Waals surface area contributed by atoms with Crippen molar-refractivity contribution in [2.45, 2.75) is 38.9 Å². The molecule has 0 bridgehead atoms. The topological polar surface area (TPSA) is 71.0 Å². The Morgan fingerprint density at radius 1 is 1.22 bits per heavy atom. The summed E-state index contributed by atoms with van der Waals surface area (Å²) in [5.74, 6) is 0.468. The van der Waals surface area contributed by atoms with Crippen LogP contribution in [0, 0.1) is 5.92 Å². The molecule has 0 spiro atoms. The Kier molecular flexibility index (Phi) is 11.7. The van der Waals surface area contributed by atoms with Crippen molar-refractivity contribution in [3.05, 3.63) is 0 Å². The van der Waals surface area contributed by atoms with Crippen LogP contribution in [0.2, 0.25) is 0 Å². The van der Waals surface area contributed by atoms with Crippen LogP contribution >= 0.6 is 0 Å². The van der Waals surface area contributed by atoms with E-state index in [1.807, 2.05) is 6.92 Å². The molecule has 3 atom stereocenters. The van der Waals surface area contributed by atoms with Crippen molar-refractivity contribution in [2.24, 2.45) is 5.92 Å². The zero-order valence-electron chi connectivity index (χ0n) is 11.9. The summed E-state index contributed by atoms with van der Waals surface area (Å²) in [6.07, 6.45) is 1.34. The normalized spacial score (nSPS) is 16.5. The highest BCUT2D eigenvalue weighted by Gasteiger charge is 2.09. The highest BCUT2D eigenvalue weighted by Crippen LogP contribution is 2.05. The number of methoxy groups -OCH3 is 1. The van der Waals surface area contributed by atoms with Crippen molar-refractivity contribution in [1.82, 2.24) is 5.32 Å². The smallest absolute Gasteiger partial charge is 0.0897 e. The van der Waals surface area contributed by atoms with E-state index in [0.717, 1.165) is 19.4 Å². The molecule has 0 rings (SSSR count). The van der Waals surface area contributed by atoms with Gasteiger partial charge in [-0.3, -0.25) is 0 Å². The van der Waals surface area contributed by atoms with E-state index in [-0.39, 0.29) is 12.7 Å². The maximum Gasteiger partial charge on any atom is 0.0897 e. The zero-order chi connectivity index (χ0) is 13.8. The summed E-state index contributed by atoms with van der Waals surface area (Å²) in [7, 11) is 1.63. The van der Waals surface area contributed by atoms with Gasteiger partial charge < -0.3 is 25.0 Å². The van der Waals surface area contributed by atoms with Crippen molar-refractivity contribution in [3.63, 3.8) is 0 Å². The molecular formula is C13H29NO4. The van der Waals surface area contributed by atoms with Gasteiger partial charge >= 0.3 is 0 Å². The lowest BCUT2D eigenvalue weighted by Crippen LogP contribution is -2.34. The van der Waals surface area contributed by atoms with Crippen LogP contribution in [-0.2, 0) is 9.47 Å². The Morgan fingerprint density at radius 2 is 1.94 bits per heavy atom. The third kappa shape index (κ3) is 9.79. The van der Waals surface area contributed by atoms with E-state index in [9.17, 15) is 5.11 Å². The van der Waals surface area contributed by atoms with Gasteiger partial charge in [-0.25, -0.2) is 0 Å². The van der Waals surface area contributed by atoms with Crippen LogP contribution in [0.3, 0.4) is 0 Å². The number of hydrogen-bond acceptors (Lipinski definition) is 5. The molecule has 0 aromatic heterocycles. The van der Waals surface area contributed by atoms with Gasteiger partial charge in [0.1, 0.15) is 0 Å². The summed E-state index contributed by atoms with van der Waals surface area (Å²) >= 11 is 0. The Bertz CT molecular complexity index is 180. The molecular weight excluding hydrogens is 234 g/mol. The minimum atomic E-state index is -0.504. The molecule has 5 nitrogen and oxygen atoms in total. The average molecular weight is 263 g/mol. The van der Waals surface area contributed by atoms with Crippen LogP contribution < -0.4 is 5.32 Å². The molecule has 0 heterocycles. The van der Waals surface area contributed by atoms with Crippen molar-refractivity contribution >= 4 is 0 Å². The van der Waals surface area contributed by atoms with E-state index in [2.05, 4.69) is 12.2 Å². The predicted octanol–water partition coefficient (Wildman–Crippen LogP) is 0.397. The summed E-state index contributed by atoms with van der Waals surface area (Å²) in [6.45, 7) is 6.43. The first kappa shape index (κ1) is 17.8. The first-order valence-electron chi connectivity index (χ1n) is 6.74. The number of ether oxygens (including phenoxy) is 2. The summed E-state index contributed by atoms with van der Waals surface area (Å²) in [5, 5.41) is 21.8. The molecule has 0 saturated heterocycles. The van der Waals surface area contributed by atoms with Gasteiger partial charge in [0.15, 0.2) is 0 Å². The van der Waals surface area contributed by atoms with Crippen LogP contribution in [0.25, 0.3) is 0 Å². The molecule has 0 fully saturated rings. The molecule has 5 heteroatoms. The number of aliphatic hydroxyl groups excluding tert-OH is 2. The largest absolute Gasteiger partial charge is 0.396 e. The van der Waals surface area contributed by atoms with E-state index in [1.54, 1.807) is 7.11 Å². The molecule has 18 heavy (non-hydrogen) atoms. The van der Waals surface area contributed by atoms with E-state index in [0.29, 0.717) is 25.7 Å². The van der Waals surface area contributed by atoms with Gasteiger partial charge in [0, 0.05) is 20.3 Å². The fraction of sp³-hybridized carbons (Fsp3) is 1.00. The fourth-order valence-electron chi connectivity index (χ4n) is 1.70. The summed E-state index contributed by atoms with van der Waals surface area (Å²) in [5.41, 5.74) is 0. The second-order valence-electron chi connectivity index (χ2n) is 4.70. The lowest BCUT2D eigenvalue weighted by molar-refractivity contribution is -0.0312. The quantitative estimate of drug-likeness (QED) is 0.475. The van der Waals surface area contributed by atoms with Crippen LogP contribution in [-0.4, -0.2) is 62.4 Å². The number of hydrogen-bond donors (Lipinski definition) is 3. The van der Waals surface area contributed by atoms with Crippen molar-refractivity contribution in [3.8, 4) is 0 Å². The van der Waals surface area contributed by atoms with Gasteiger partial charge in [-0.15, -0.1) is 0 Å². The van der Waals surface area contributed by atoms with Crippen LogP contribution in [0.5, 0.6) is 0 Å². The SMILES string of the molecule is CCC(CCO)CNCC(O)COC(C)COC. The molecule has 0 amide bonds. The first-order valence-corrected chi connectivity index (χ1v) is 6.74. The van der Waals surface area contributed by atoms with Crippen molar-refractivity contribution in [1.29, 1.82) is 0 Å². The standard InChI is InChI=1S/C13H29NO4/c1-4-12(5-6-15)7-14-8-13(16)10-18-11(2)9-17-3/h11-16H,4-10H2,1-3H3. The summed E-state index contributed by atoms with van der Waals surface area (Å²) < 4.78 is 10.4. The molecule has 0 aliphatic carbocycles. The molecule has 3 unspecified atom stereocenters. The fourth-order valence-corrected chi connectivity index (χ4v) is 1.70. The third-order valence-corrected chi connectivity index (χ3v) is 2.90. The number of nitrogens with one attached hydrogen (secondary N) is 1. The number of aliphatic hydroxyl groups is 2. The van der Waals surface area contributed by atoms with E-state index in [1.165, 1.54) is 0 Å². The zero-order valence-corrected chi connectivity index (χ0v) is 11.9. The molecule has 0 aliphatic rings. The second kappa shape index (κ2) is 11.9. The molecule has 0 saturated carbocycles. The van der Waals surface area contributed by atoms with E-state index >= 15 is 0 Å². The van der Waals surface area contributed by atoms with Crippen LogP contribution in [0.1, 0.15) is 26.7 Å². The Balaban J connectivity index is 3.54. The van der Waals surface area contributed by atoms with Gasteiger partial charge in [-0.2, -0.15) is 0 Å². The van der Waals surface area contributed by atoms with Crippen LogP contribution in [0.15, 0.2) is 0 Å². The monoisotopic (exact) mass is 263 g/mol. The Labute approximate surface area is 110 Å². The van der Waals surface area contributed by atoms with Gasteiger partial charge in [-0.05, 0) is 25.8 Å². The highest BCUT2D eigenvalue weighted by molar-refractivity contribution is 4.64. The first-order chi connectivity index (χ1) is 8.63. The molecule has 0 aliphatic heterocycles.